The summed E-state index contributed by atoms with van der Waals surface area (Å²) < 4.78 is 1.50. The first kappa shape index (κ1) is 17.4. The minimum Gasteiger partial charge on any atom is -0.276 e. The molecule has 0 spiro atoms. The van der Waals surface area contributed by atoms with E-state index in [2.05, 4.69) is 9.97 Å². The molecule has 0 saturated carbocycles. The van der Waals surface area contributed by atoms with Crippen LogP contribution in [0.3, 0.4) is 0 Å². The van der Waals surface area contributed by atoms with Crippen molar-refractivity contribution in [1.29, 1.82) is 0 Å². The van der Waals surface area contributed by atoms with Gasteiger partial charge in [-0.25, -0.2) is 4.98 Å². The number of hydrogen-bond acceptors (Lipinski definition) is 5. The molecule has 0 aliphatic rings. The van der Waals surface area contributed by atoms with Gasteiger partial charge in [0, 0.05) is 18.0 Å². The Balaban J connectivity index is 2.16. The highest BCUT2D eigenvalue weighted by molar-refractivity contribution is 7.98. The first-order valence-corrected chi connectivity index (χ1v) is 8.99. The van der Waals surface area contributed by atoms with Crippen LogP contribution in [0, 0.1) is 6.92 Å². The van der Waals surface area contributed by atoms with E-state index in [1.165, 1.54) is 28.9 Å². The maximum atomic E-state index is 12.9. The fourth-order valence-corrected chi connectivity index (χ4v) is 3.13. The minimum atomic E-state index is -0.604. The van der Waals surface area contributed by atoms with Crippen LogP contribution in [0.4, 0.5) is 0 Å². The normalized spacial score (nSPS) is 10.7. The molecule has 0 aliphatic carbocycles. The number of benzene rings is 1. The van der Waals surface area contributed by atoms with Crippen LogP contribution in [-0.2, 0) is 0 Å². The zero-order chi connectivity index (χ0) is 18.0. The molecule has 0 amide bonds. The molecule has 2 aromatic heterocycles. The molecule has 0 N–H and O–H groups in total. The quantitative estimate of drug-likeness (QED) is 0.516. The van der Waals surface area contributed by atoms with Crippen LogP contribution in [-0.4, -0.2) is 26.0 Å². The number of halogens is 1. The van der Waals surface area contributed by atoms with E-state index in [9.17, 15) is 9.59 Å². The van der Waals surface area contributed by atoms with Crippen molar-refractivity contribution in [3.8, 4) is 16.9 Å². The minimum absolute atomic E-state index is 0.177. The van der Waals surface area contributed by atoms with Crippen molar-refractivity contribution in [3.05, 3.63) is 70.5 Å². The third kappa shape index (κ3) is 3.50. The summed E-state index contributed by atoms with van der Waals surface area (Å²) in [4.78, 5) is 33.2. The van der Waals surface area contributed by atoms with Crippen LogP contribution in [0.5, 0.6) is 0 Å². The second-order valence-corrected chi connectivity index (χ2v) is 6.53. The number of aryl methyl sites for hydroxylation is 1. The largest absolute Gasteiger partial charge is 0.276 e. The summed E-state index contributed by atoms with van der Waals surface area (Å²) in [6.07, 6.45) is 6.23. The van der Waals surface area contributed by atoms with Gasteiger partial charge in [-0.3, -0.25) is 19.1 Å². The lowest BCUT2D eigenvalue weighted by Gasteiger charge is -2.11. The zero-order valence-electron chi connectivity index (χ0n) is 13.6. The Morgan fingerprint density at radius 2 is 1.92 bits per heavy atom. The van der Waals surface area contributed by atoms with Crippen molar-refractivity contribution in [2.75, 3.05) is 6.26 Å². The van der Waals surface area contributed by atoms with Crippen LogP contribution in [0.2, 0.25) is 0 Å². The lowest BCUT2D eigenvalue weighted by molar-refractivity contribution is 0.108. The van der Waals surface area contributed by atoms with Gasteiger partial charge < -0.3 is 0 Å². The molecule has 25 heavy (non-hydrogen) atoms. The summed E-state index contributed by atoms with van der Waals surface area (Å²) >= 11 is 6.82. The number of thioether (sulfide) groups is 1. The van der Waals surface area contributed by atoms with Crippen molar-refractivity contribution >= 4 is 28.6 Å². The fourth-order valence-electron chi connectivity index (χ4n) is 2.39. The molecule has 0 saturated heterocycles. The molecule has 0 bridgehead atoms. The molecule has 5 nitrogen and oxygen atoms in total. The highest BCUT2D eigenvalue weighted by Crippen LogP contribution is 2.26. The summed E-state index contributed by atoms with van der Waals surface area (Å²) in [5, 5.41) is -0.604. The number of pyridine rings is 1. The summed E-state index contributed by atoms with van der Waals surface area (Å²) in [6.45, 7) is 1.99. The SMILES string of the molecule is CSc1c(-c2cncc(C(=O)Cl)c2)ncn(-c2ccc(C)cc2)c1=O. The third-order valence-corrected chi connectivity index (χ3v) is 4.68. The number of carbonyl (C=O) groups excluding carboxylic acids is 1. The molecule has 0 radical (unpaired) electrons. The van der Waals surface area contributed by atoms with Crippen molar-refractivity contribution in [2.45, 2.75) is 11.8 Å². The monoisotopic (exact) mass is 371 g/mol. The lowest BCUT2D eigenvalue weighted by Crippen LogP contribution is -2.21. The van der Waals surface area contributed by atoms with E-state index >= 15 is 0 Å². The van der Waals surface area contributed by atoms with Gasteiger partial charge in [-0.2, -0.15) is 0 Å². The summed E-state index contributed by atoms with van der Waals surface area (Å²) in [7, 11) is 0. The molecule has 0 aliphatic heterocycles. The van der Waals surface area contributed by atoms with Gasteiger partial charge in [-0.15, -0.1) is 11.8 Å². The second-order valence-electron chi connectivity index (χ2n) is 5.37. The Bertz CT molecular complexity index is 1000. The Morgan fingerprint density at radius 1 is 1.20 bits per heavy atom. The molecule has 2 heterocycles. The van der Waals surface area contributed by atoms with Gasteiger partial charge in [-0.1, -0.05) is 17.7 Å². The topological polar surface area (TPSA) is 64.8 Å². The predicted molar refractivity (Wildman–Crippen MR) is 99.8 cm³/mol. The van der Waals surface area contributed by atoms with Crippen molar-refractivity contribution in [3.63, 3.8) is 0 Å². The van der Waals surface area contributed by atoms with E-state index < -0.39 is 5.24 Å². The van der Waals surface area contributed by atoms with Gasteiger partial charge in [0.15, 0.2) is 0 Å². The van der Waals surface area contributed by atoms with Gasteiger partial charge in [0.2, 0.25) is 0 Å². The molecule has 0 fully saturated rings. The van der Waals surface area contributed by atoms with E-state index in [-0.39, 0.29) is 11.1 Å². The van der Waals surface area contributed by atoms with E-state index in [0.717, 1.165) is 11.3 Å². The molecular weight excluding hydrogens is 358 g/mol. The molecule has 7 heteroatoms. The average molecular weight is 372 g/mol. The van der Waals surface area contributed by atoms with Crippen molar-refractivity contribution < 1.29 is 4.79 Å². The van der Waals surface area contributed by atoms with Gasteiger partial charge in [0.25, 0.3) is 10.8 Å². The number of hydrogen-bond donors (Lipinski definition) is 0. The average Bonchev–Trinajstić information content (AvgIpc) is 2.62. The van der Waals surface area contributed by atoms with Gasteiger partial charge in [-0.05, 0) is 43.0 Å². The van der Waals surface area contributed by atoms with Crippen molar-refractivity contribution in [2.24, 2.45) is 0 Å². The lowest BCUT2D eigenvalue weighted by atomic mass is 10.1. The van der Waals surface area contributed by atoms with Gasteiger partial charge in [0.05, 0.1) is 21.8 Å². The Labute approximate surface area is 153 Å². The number of carbonyl (C=O) groups is 1. The molecular formula is C18H14ClN3O2S. The number of aromatic nitrogens is 3. The molecule has 126 valence electrons. The first-order chi connectivity index (χ1) is 12.0. The van der Waals surface area contributed by atoms with Gasteiger partial charge >= 0.3 is 0 Å². The Kier molecular flexibility index (Phi) is 5.01. The van der Waals surface area contributed by atoms with E-state index in [4.69, 9.17) is 11.6 Å². The van der Waals surface area contributed by atoms with Gasteiger partial charge in [0.1, 0.15) is 6.33 Å². The van der Waals surface area contributed by atoms with E-state index in [1.807, 2.05) is 37.4 Å². The van der Waals surface area contributed by atoms with Crippen LogP contribution in [0.15, 0.2) is 58.7 Å². The number of nitrogens with zero attached hydrogens (tertiary/aromatic N) is 3. The zero-order valence-corrected chi connectivity index (χ0v) is 15.1. The summed E-state index contributed by atoms with van der Waals surface area (Å²) in [5.74, 6) is 0. The van der Waals surface area contributed by atoms with Crippen molar-refractivity contribution in [1.82, 2.24) is 14.5 Å². The number of rotatable bonds is 4. The third-order valence-electron chi connectivity index (χ3n) is 3.69. The van der Waals surface area contributed by atoms with Crippen LogP contribution < -0.4 is 5.56 Å². The smallest absolute Gasteiger partial charge is 0.272 e. The predicted octanol–water partition coefficient (Wildman–Crippen LogP) is 3.70. The van der Waals surface area contributed by atoms with Crippen LogP contribution in [0.1, 0.15) is 15.9 Å². The highest BCUT2D eigenvalue weighted by atomic mass is 35.5. The highest BCUT2D eigenvalue weighted by Gasteiger charge is 2.15. The summed E-state index contributed by atoms with van der Waals surface area (Å²) in [5.41, 5.74) is 2.99. The maximum absolute atomic E-state index is 12.9. The fraction of sp³-hybridized carbons (Fsp3) is 0.111. The second kappa shape index (κ2) is 7.21. The first-order valence-electron chi connectivity index (χ1n) is 7.39. The molecule has 3 aromatic rings. The maximum Gasteiger partial charge on any atom is 0.272 e. The summed E-state index contributed by atoms with van der Waals surface area (Å²) in [6, 6.07) is 9.20. The molecule has 0 atom stereocenters. The van der Waals surface area contributed by atoms with Crippen LogP contribution in [0.25, 0.3) is 16.9 Å². The van der Waals surface area contributed by atoms with E-state index in [1.54, 1.807) is 12.3 Å². The Hall–Kier alpha value is -2.44. The molecule has 1 aromatic carbocycles. The van der Waals surface area contributed by atoms with E-state index in [0.29, 0.717) is 16.2 Å². The Morgan fingerprint density at radius 3 is 2.56 bits per heavy atom. The van der Waals surface area contributed by atoms with Crippen LogP contribution >= 0.6 is 23.4 Å². The molecule has 0 unspecified atom stereocenters. The standard InChI is InChI=1S/C18H14ClN3O2S/c1-11-3-5-14(6-4-11)22-10-21-15(16(25-2)18(22)24)12-7-13(17(19)23)9-20-8-12/h3-10H,1-2H3. The molecule has 3 rings (SSSR count).